The summed E-state index contributed by atoms with van der Waals surface area (Å²) >= 11 is 0. The zero-order valence-corrected chi connectivity index (χ0v) is 17.5. The monoisotopic (exact) mass is 395 g/mol. The lowest BCUT2D eigenvalue weighted by Crippen LogP contribution is -2.47. The van der Waals surface area contributed by atoms with E-state index in [-0.39, 0.29) is 18.1 Å². The first-order chi connectivity index (χ1) is 12.8. The molecule has 0 fully saturated rings. The Morgan fingerprint density at radius 2 is 1.54 bits per heavy atom. The van der Waals surface area contributed by atoms with Crippen molar-refractivity contribution in [3.8, 4) is 5.75 Å². The van der Waals surface area contributed by atoms with Gasteiger partial charge in [0.1, 0.15) is 11.6 Å². The highest BCUT2D eigenvalue weighted by molar-refractivity contribution is 6.01. The lowest BCUT2D eigenvalue weighted by Gasteiger charge is -2.26. The lowest BCUT2D eigenvalue weighted by molar-refractivity contribution is -0.210. The molecule has 0 aliphatic heterocycles. The van der Waals surface area contributed by atoms with Crippen LogP contribution in [0.1, 0.15) is 58.8 Å². The van der Waals surface area contributed by atoms with Gasteiger partial charge in [0.05, 0.1) is 12.2 Å². The summed E-state index contributed by atoms with van der Waals surface area (Å²) in [6, 6.07) is 5.02. The van der Waals surface area contributed by atoms with Gasteiger partial charge in [-0.2, -0.15) is 0 Å². The average molecular weight is 395 g/mol. The molecule has 8 nitrogen and oxygen atoms in total. The van der Waals surface area contributed by atoms with Gasteiger partial charge in [-0.05, 0) is 65.8 Å². The number of nitrogens with one attached hydrogen (secondary N) is 1. The molecule has 0 aromatic heterocycles. The van der Waals surface area contributed by atoms with Crippen LogP contribution in [0.4, 0.5) is 4.79 Å². The van der Waals surface area contributed by atoms with Gasteiger partial charge in [0.25, 0.3) is 0 Å². The number of ketones is 1. The van der Waals surface area contributed by atoms with Crippen LogP contribution in [0.3, 0.4) is 0 Å². The topological polar surface area (TPSA) is 100 Å². The number of hydrogen-bond donors (Lipinski definition) is 1. The minimum atomic E-state index is -0.936. The molecule has 0 saturated carbocycles. The summed E-state index contributed by atoms with van der Waals surface area (Å²) in [4.78, 5) is 45.0. The van der Waals surface area contributed by atoms with Crippen LogP contribution in [0.2, 0.25) is 0 Å². The second-order valence-corrected chi connectivity index (χ2v) is 8.17. The number of hydrogen-bond acceptors (Lipinski definition) is 7. The lowest BCUT2D eigenvalue weighted by atomic mass is 10.0. The van der Waals surface area contributed by atoms with Gasteiger partial charge < -0.3 is 14.8 Å². The van der Waals surface area contributed by atoms with E-state index in [0.717, 1.165) is 0 Å². The van der Waals surface area contributed by atoms with Crippen LogP contribution in [0.15, 0.2) is 24.3 Å². The molecule has 0 heterocycles. The molecule has 156 valence electrons. The second-order valence-electron chi connectivity index (χ2n) is 8.17. The quantitative estimate of drug-likeness (QED) is 0.429. The molecule has 28 heavy (non-hydrogen) atoms. The summed E-state index contributed by atoms with van der Waals surface area (Å²) < 4.78 is 10.9. The van der Waals surface area contributed by atoms with E-state index in [0.29, 0.717) is 5.56 Å². The Morgan fingerprint density at radius 1 is 0.964 bits per heavy atom. The van der Waals surface area contributed by atoms with Crippen molar-refractivity contribution in [2.45, 2.75) is 65.7 Å². The van der Waals surface area contributed by atoms with E-state index in [1.165, 1.54) is 31.2 Å². The molecular weight excluding hydrogens is 366 g/mol. The minimum absolute atomic E-state index is 0.0206. The van der Waals surface area contributed by atoms with Crippen LogP contribution in [0, 0.1) is 0 Å². The first-order valence-corrected chi connectivity index (χ1v) is 8.90. The van der Waals surface area contributed by atoms with Crippen LogP contribution < -0.4 is 10.2 Å². The van der Waals surface area contributed by atoms with Gasteiger partial charge in [0, 0.05) is 12.5 Å². The maximum atomic E-state index is 12.9. The van der Waals surface area contributed by atoms with Crippen molar-refractivity contribution >= 4 is 17.8 Å². The minimum Gasteiger partial charge on any atom is -0.444 e. The Kier molecular flexibility index (Phi) is 7.99. The first kappa shape index (κ1) is 23.4. The van der Waals surface area contributed by atoms with Crippen LogP contribution in [-0.4, -0.2) is 41.7 Å². The molecule has 1 amide bonds. The molecule has 0 spiro atoms. The highest BCUT2D eigenvalue weighted by atomic mass is 17.2. The van der Waals surface area contributed by atoms with Gasteiger partial charge in [0.15, 0.2) is 11.5 Å². The molecule has 1 rings (SSSR count). The third-order valence-corrected chi connectivity index (χ3v) is 3.08. The molecule has 0 saturated heterocycles. The number of Topliss-reactive ketones (excluding diaryl/α,β-unsaturated/α-hetero) is 1. The molecule has 0 bridgehead atoms. The van der Waals surface area contributed by atoms with Crippen molar-refractivity contribution in [2.24, 2.45) is 0 Å². The van der Waals surface area contributed by atoms with Crippen LogP contribution >= 0.6 is 0 Å². The van der Waals surface area contributed by atoms with Gasteiger partial charge in [-0.1, -0.05) is 0 Å². The molecule has 1 atom stereocenters. The fourth-order valence-electron chi connectivity index (χ4n) is 1.95. The van der Waals surface area contributed by atoms with Crippen molar-refractivity contribution in [1.29, 1.82) is 0 Å². The second kappa shape index (κ2) is 9.54. The van der Waals surface area contributed by atoms with E-state index in [1.54, 1.807) is 20.8 Å². The van der Waals surface area contributed by atoms with Gasteiger partial charge in [0.2, 0.25) is 0 Å². The number of carbonyl (C=O) groups is 3. The van der Waals surface area contributed by atoms with Crippen LogP contribution in [-0.2, 0) is 19.2 Å². The van der Waals surface area contributed by atoms with Crippen molar-refractivity contribution in [2.75, 3.05) is 6.61 Å². The maximum absolute atomic E-state index is 12.9. The van der Waals surface area contributed by atoms with Crippen molar-refractivity contribution in [3.63, 3.8) is 0 Å². The van der Waals surface area contributed by atoms with Gasteiger partial charge in [-0.25, -0.2) is 9.59 Å². The summed E-state index contributed by atoms with van der Waals surface area (Å²) in [6.07, 6.45) is -0.710. The Bertz CT molecular complexity index is 684. The maximum Gasteiger partial charge on any atom is 0.408 e. The van der Waals surface area contributed by atoms with E-state index in [9.17, 15) is 14.4 Å². The summed E-state index contributed by atoms with van der Waals surface area (Å²) in [6.45, 7) is 11.9. The molecule has 1 aromatic rings. The Balaban J connectivity index is 2.90. The molecule has 0 aliphatic rings. The standard InChI is InChI=1S/C20H29NO7/c1-13(22)27-28-15-10-8-14(9-11-15)17(23)16(12-25-19(2,3)4)21-18(24)26-20(5,6)7/h8-11,16H,12H2,1-7H3,(H,21,24). The molecule has 0 aliphatic carbocycles. The highest BCUT2D eigenvalue weighted by Gasteiger charge is 2.27. The largest absolute Gasteiger partial charge is 0.444 e. The van der Waals surface area contributed by atoms with Crippen molar-refractivity contribution in [3.05, 3.63) is 29.8 Å². The third kappa shape index (κ3) is 9.36. The molecule has 1 aromatic carbocycles. The van der Waals surface area contributed by atoms with Crippen LogP contribution in [0.25, 0.3) is 0 Å². The van der Waals surface area contributed by atoms with E-state index in [4.69, 9.17) is 14.4 Å². The van der Waals surface area contributed by atoms with Crippen LogP contribution in [0.5, 0.6) is 5.75 Å². The highest BCUT2D eigenvalue weighted by Crippen LogP contribution is 2.16. The van der Waals surface area contributed by atoms with Gasteiger partial charge in [-0.3, -0.25) is 14.6 Å². The summed E-state index contributed by atoms with van der Waals surface area (Å²) in [7, 11) is 0. The fraction of sp³-hybridized carbons (Fsp3) is 0.550. The van der Waals surface area contributed by atoms with E-state index < -0.39 is 29.3 Å². The van der Waals surface area contributed by atoms with Crippen molar-refractivity contribution in [1.82, 2.24) is 5.32 Å². The van der Waals surface area contributed by atoms with E-state index in [2.05, 4.69) is 10.2 Å². The van der Waals surface area contributed by atoms with Gasteiger partial charge in [-0.15, -0.1) is 0 Å². The predicted octanol–water partition coefficient (Wildman–Crippen LogP) is 3.43. The zero-order valence-electron chi connectivity index (χ0n) is 17.5. The fourth-order valence-corrected chi connectivity index (χ4v) is 1.95. The number of benzene rings is 1. The first-order valence-electron chi connectivity index (χ1n) is 8.90. The molecule has 0 radical (unpaired) electrons. The Morgan fingerprint density at radius 3 is 2.00 bits per heavy atom. The number of carbonyl (C=O) groups excluding carboxylic acids is 3. The number of rotatable bonds is 7. The molecule has 1 unspecified atom stereocenters. The number of alkyl carbamates (subject to hydrolysis) is 1. The summed E-state index contributed by atoms with van der Waals surface area (Å²) in [5.41, 5.74) is -0.859. The van der Waals surface area contributed by atoms with Crippen molar-refractivity contribution < 1.29 is 33.6 Å². The van der Waals surface area contributed by atoms with Gasteiger partial charge >= 0.3 is 12.1 Å². The third-order valence-electron chi connectivity index (χ3n) is 3.08. The predicted molar refractivity (Wildman–Crippen MR) is 102 cm³/mol. The molecule has 1 N–H and O–H groups in total. The van der Waals surface area contributed by atoms with E-state index in [1.807, 2.05) is 20.8 Å². The molecule has 8 heteroatoms. The average Bonchev–Trinajstić information content (AvgIpc) is 2.54. The number of ether oxygens (including phenoxy) is 2. The Hall–Kier alpha value is -2.61. The molecular formula is C20H29NO7. The number of amides is 1. The summed E-state index contributed by atoms with van der Waals surface area (Å²) in [5.74, 6) is -0.690. The normalized spacial score (nSPS) is 12.7. The Labute approximate surface area is 165 Å². The zero-order chi connectivity index (χ0) is 21.5. The van der Waals surface area contributed by atoms with E-state index >= 15 is 0 Å². The smallest absolute Gasteiger partial charge is 0.408 e. The SMILES string of the molecule is CC(=O)OOc1ccc(C(=O)C(COC(C)(C)C)NC(=O)OC(C)(C)C)cc1. The summed E-state index contributed by atoms with van der Waals surface area (Å²) in [5, 5.41) is 2.56.